The van der Waals surface area contributed by atoms with Crippen molar-refractivity contribution in [1.29, 1.82) is 0 Å². The lowest BCUT2D eigenvalue weighted by Gasteiger charge is -2.42. The molecule has 0 saturated heterocycles. The van der Waals surface area contributed by atoms with Gasteiger partial charge in [-0.1, -0.05) is 53.4 Å². The van der Waals surface area contributed by atoms with E-state index in [4.69, 9.17) is 4.43 Å². The molecule has 2 nitrogen and oxygen atoms in total. The van der Waals surface area contributed by atoms with Crippen LogP contribution in [0.5, 0.6) is 5.75 Å². The molecule has 0 aromatic heterocycles. The molecule has 0 amide bonds. The first-order valence-corrected chi connectivity index (χ1v) is 10.4. The highest BCUT2D eigenvalue weighted by Crippen LogP contribution is 2.43. The molecule has 4 heteroatoms. The molecule has 1 unspecified atom stereocenters. The Morgan fingerprint density at radius 3 is 1.91 bits per heavy atom. The molecule has 0 radical (unpaired) electrons. The second-order valence-electron chi connectivity index (χ2n) is 7.01. The molecule has 0 saturated carbocycles. The smallest absolute Gasteiger partial charge is 0.258 e. The lowest BCUT2D eigenvalue weighted by molar-refractivity contribution is 0.253. The Bertz CT molecular complexity index is 561. The third-order valence-corrected chi connectivity index (χ3v) is 10.3. The summed E-state index contributed by atoms with van der Waals surface area (Å²) in [6, 6.07) is 4.79. The first kappa shape index (κ1) is 19.7. The average molecular weight is 337 g/mol. The second kappa shape index (κ2) is 7.99. The van der Waals surface area contributed by atoms with Gasteiger partial charge < -0.3 is 9.53 Å². The van der Waals surface area contributed by atoms with E-state index in [0.29, 0.717) is 27.9 Å². The molecule has 1 N–H and O–H groups in total. The van der Waals surface area contributed by atoms with Crippen molar-refractivity contribution in [1.82, 2.24) is 0 Å². The predicted molar refractivity (Wildman–Crippen MR) is 96.6 cm³/mol. The molecule has 0 spiro atoms. The summed E-state index contributed by atoms with van der Waals surface area (Å²) in [5.41, 5.74) is 1.70. The van der Waals surface area contributed by atoms with Crippen molar-refractivity contribution in [2.24, 2.45) is 0 Å². The lowest BCUT2D eigenvalue weighted by atomic mass is 10.2. The summed E-state index contributed by atoms with van der Waals surface area (Å²) >= 11 is 0. The van der Waals surface area contributed by atoms with Gasteiger partial charge in [0.15, 0.2) is 5.82 Å². The number of aliphatic hydroxyl groups excluding tert-OH is 1. The highest BCUT2D eigenvalue weighted by Gasteiger charge is 2.47. The third kappa shape index (κ3) is 4.59. The molecule has 0 fully saturated rings. The molecule has 0 aliphatic heterocycles. The number of halogens is 1. The van der Waals surface area contributed by atoms with Gasteiger partial charge in [0.25, 0.3) is 8.32 Å². The topological polar surface area (TPSA) is 29.5 Å². The summed E-state index contributed by atoms with van der Waals surface area (Å²) in [6.45, 7) is 14.6. The summed E-state index contributed by atoms with van der Waals surface area (Å²) in [5.74, 6) is 5.30. The molecule has 128 valence electrons. The molecular formula is C19H29FO2Si. The zero-order valence-electron chi connectivity index (χ0n) is 15.3. The van der Waals surface area contributed by atoms with Gasteiger partial charge in [-0.25, -0.2) is 4.39 Å². The van der Waals surface area contributed by atoms with Gasteiger partial charge in [-0.05, 0) is 41.7 Å². The minimum absolute atomic E-state index is 0.315. The minimum Gasteiger partial charge on any atom is -0.541 e. The van der Waals surface area contributed by atoms with E-state index >= 15 is 0 Å². The predicted octanol–water partition coefficient (Wildman–Crippen LogP) is 5.11. The van der Waals surface area contributed by atoms with Gasteiger partial charge in [-0.3, -0.25) is 0 Å². The fourth-order valence-corrected chi connectivity index (χ4v) is 8.65. The zero-order chi connectivity index (χ0) is 17.8. The van der Waals surface area contributed by atoms with Crippen LogP contribution in [0, 0.1) is 17.7 Å². The molecule has 1 aromatic rings. The van der Waals surface area contributed by atoms with E-state index in [2.05, 4.69) is 53.4 Å². The Kier molecular flexibility index (Phi) is 6.85. The van der Waals surface area contributed by atoms with Gasteiger partial charge in [0.1, 0.15) is 11.9 Å². The van der Waals surface area contributed by atoms with E-state index in [1.807, 2.05) is 0 Å². The summed E-state index contributed by atoms with van der Waals surface area (Å²) in [7, 11) is -2.17. The molecule has 1 atom stereocenters. The number of hydrogen-bond acceptors (Lipinski definition) is 2. The maximum absolute atomic E-state index is 14.5. The SMILES string of the molecule is CC(O)C#Cc1ccc(O[Si](C(C)C)(C(C)C)C(C)C)c(F)c1. The highest BCUT2D eigenvalue weighted by molar-refractivity contribution is 6.78. The van der Waals surface area contributed by atoms with E-state index in [1.165, 1.54) is 6.07 Å². The van der Waals surface area contributed by atoms with Crippen molar-refractivity contribution in [3.63, 3.8) is 0 Å². The second-order valence-corrected chi connectivity index (χ2v) is 12.4. The molecule has 23 heavy (non-hydrogen) atoms. The molecule has 0 heterocycles. The highest BCUT2D eigenvalue weighted by atomic mass is 28.4. The first-order chi connectivity index (χ1) is 10.6. The molecular weight excluding hydrogens is 307 g/mol. The largest absolute Gasteiger partial charge is 0.541 e. The van der Waals surface area contributed by atoms with Gasteiger partial charge in [0.05, 0.1) is 0 Å². The monoisotopic (exact) mass is 336 g/mol. The van der Waals surface area contributed by atoms with Crippen molar-refractivity contribution >= 4 is 8.32 Å². The normalized spacial score (nSPS) is 13.2. The van der Waals surface area contributed by atoms with Crippen LogP contribution in [-0.2, 0) is 0 Å². The molecule has 0 aliphatic carbocycles. The summed E-state index contributed by atoms with van der Waals surface area (Å²) in [4.78, 5) is 0. The average Bonchev–Trinajstić information content (AvgIpc) is 2.42. The van der Waals surface area contributed by atoms with Gasteiger partial charge in [-0.2, -0.15) is 0 Å². The van der Waals surface area contributed by atoms with Crippen LogP contribution in [0.1, 0.15) is 54.0 Å². The standard InChI is InChI=1S/C19H29FO2Si/c1-13(2)23(14(3)4,15(5)6)22-19-11-10-17(12-18(19)20)9-8-16(7)21/h10-16,21H,1-7H3. The van der Waals surface area contributed by atoms with Gasteiger partial charge in [0.2, 0.25) is 0 Å². The van der Waals surface area contributed by atoms with Crippen LogP contribution in [0.15, 0.2) is 18.2 Å². The van der Waals surface area contributed by atoms with E-state index in [0.717, 1.165) is 0 Å². The van der Waals surface area contributed by atoms with Crippen molar-refractivity contribution in [2.75, 3.05) is 0 Å². The minimum atomic E-state index is -2.17. The van der Waals surface area contributed by atoms with Gasteiger partial charge in [0, 0.05) is 5.56 Å². The fourth-order valence-electron chi connectivity index (χ4n) is 3.39. The van der Waals surface area contributed by atoms with Crippen LogP contribution in [0.25, 0.3) is 0 Å². The lowest BCUT2D eigenvalue weighted by Crippen LogP contribution is -2.50. The van der Waals surface area contributed by atoms with E-state index in [9.17, 15) is 9.50 Å². The Labute approximate surface area is 141 Å². The van der Waals surface area contributed by atoms with E-state index < -0.39 is 14.4 Å². The van der Waals surface area contributed by atoms with Crippen molar-refractivity contribution < 1.29 is 13.9 Å². The van der Waals surface area contributed by atoms with Gasteiger partial charge >= 0.3 is 0 Å². The van der Waals surface area contributed by atoms with Crippen molar-refractivity contribution in [3.8, 4) is 17.6 Å². The van der Waals surface area contributed by atoms with Crippen LogP contribution < -0.4 is 4.43 Å². The molecule has 1 rings (SSSR count). The summed E-state index contributed by atoms with van der Waals surface area (Å²) in [5, 5.41) is 9.19. The van der Waals surface area contributed by atoms with E-state index in [-0.39, 0.29) is 5.82 Å². The van der Waals surface area contributed by atoms with E-state index in [1.54, 1.807) is 19.1 Å². The molecule has 0 aliphatic rings. The van der Waals surface area contributed by atoms with Crippen molar-refractivity contribution in [3.05, 3.63) is 29.6 Å². The number of rotatable bonds is 5. The Morgan fingerprint density at radius 1 is 1.00 bits per heavy atom. The Hall–Kier alpha value is -1.31. The van der Waals surface area contributed by atoms with Crippen LogP contribution >= 0.6 is 0 Å². The van der Waals surface area contributed by atoms with Crippen molar-refractivity contribution in [2.45, 2.75) is 71.2 Å². The van der Waals surface area contributed by atoms with Crippen LogP contribution in [0.2, 0.25) is 16.6 Å². The molecule has 1 aromatic carbocycles. The Balaban J connectivity index is 3.19. The maximum atomic E-state index is 14.5. The molecule has 0 bridgehead atoms. The maximum Gasteiger partial charge on any atom is 0.258 e. The number of hydrogen-bond donors (Lipinski definition) is 1. The quantitative estimate of drug-likeness (QED) is 0.598. The summed E-state index contributed by atoms with van der Waals surface area (Å²) in [6.07, 6.45) is -0.725. The number of benzene rings is 1. The Morgan fingerprint density at radius 2 is 1.52 bits per heavy atom. The summed E-state index contributed by atoms with van der Waals surface area (Å²) < 4.78 is 20.8. The first-order valence-electron chi connectivity index (χ1n) is 8.29. The van der Waals surface area contributed by atoms with Crippen LogP contribution in [0.4, 0.5) is 4.39 Å². The number of aliphatic hydroxyl groups is 1. The fraction of sp³-hybridized carbons (Fsp3) is 0.579. The van der Waals surface area contributed by atoms with Crippen LogP contribution in [-0.4, -0.2) is 19.5 Å². The third-order valence-electron chi connectivity index (χ3n) is 4.35. The van der Waals surface area contributed by atoms with Gasteiger partial charge in [-0.15, -0.1) is 0 Å². The zero-order valence-corrected chi connectivity index (χ0v) is 16.3. The van der Waals surface area contributed by atoms with Crippen LogP contribution in [0.3, 0.4) is 0 Å².